The van der Waals surface area contributed by atoms with Crippen molar-refractivity contribution in [1.82, 2.24) is 10.2 Å². The third-order valence-electron chi connectivity index (χ3n) is 6.16. The minimum absolute atomic E-state index is 0.100. The summed E-state index contributed by atoms with van der Waals surface area (Å²) in [5.74, 6) is 0. The Balaban J connectivity index is 1.49. The molecule has 2 N–H and O–H groups in total. The molecule has 0 aliphatic carbocycles. The number of nitrogens with one attached hydrogen (secondary N) is 2. The minimum Gasteiger partial charge on any atom is -0.378 e. The molecule has 0 aromatic heterocycles. The van der Waals surface area contributed by atoms with Gasteiger partial charge in [-0.05, 0) is 54.3 Å². The summed E-state index contributed by atoms with van der Waals surface area (Å²) in [4.78, 5) is 17.2. The Kier molecular flexibility index (Phi) is 6.76. The molecule has 2 amide bonds. The highest BCUT2D eigenvalue weighted by Crippen LogP contribution is 2.28. The van der Waals surface area contributed by atoms with Gasteiger partial charge >= 0.3 is 6.03 Å². The van der Waals surface area contributed by atoms with Crippen LogP contribution in [0.5, 0.6) is 0 Å². The van der Waals surface area contributed by atoms with Crippen molar-refractivity contribution in [2.24, 2.45) is 0 Å². The monoisotopic (exact) mass is 428 g/mol. The SMILES string of the molecule is Cc1ccc(NC(=O)NC[C@H](c2ccc(N(C)C)cc2)N2CCc3ccccc3C2)cc1. The van der Waals surface area contributed by atoms with E-state index in [-0.39, 0.29) is 12.1 Å². The van der Waals surface area contributed by atoms with E-state index >= 15 is 0 Å². The fourth-order valence-corrected chi connectivity index (χ4v) is 4.24. The number of carbonyl (C=O) groups is 1. The summed E-state index contributed by atoms with van der Waals surface area (Å²) in [6.45, 7) is 4.43. The number of rotatable bonds is 6. The number of fused-ring (bicyclic) bond motifs is 1. The summed E-state index contributed by atoms with van der Waals surface area (Å²) in [6, 6.07) is 25.1. The lowest BCUT2D eigenvalue weighted by Gasteiger charge is -2.36. The van der Waals surface area contributed by atoms with Crippen molar-refractivity contribution in [3.8, 4) is 0 Å². The van der Waals surface area contributed by atoms with Crippen molar-refractivity contribution in [3.05, 3.63) is 95.1 Å². The smallest absolute Gasteiger partial charge is 0.319 e. The molecule has 1 aliphatic heterocycles. The summed E-state index contributed by atoms with van der Waals surface area (Å²) in [6.07, 6.45) is 1.03. The molecule has 0 spiro atoms. The number of aryl methyl sites for hydroxylation is 1. The van der Waals surface area contributed by atoms with E-state index in [2.05, 4.69) is 69.0 Å². The molecule has 0 bridgehead atoms. The second-order valence-corrected chi connectivity index (χ2v) is 8.69. The molecule has 166 valence electrons. The van der Waals surface area contributed by atoms with E-state index in [1.165, 1.54) is 27.9 Å². The van der Waals surface area contributed by atoms with Crippen LogP contribution in [0.1, 0.15) is 28.3 Å². The Hall–Kier alpha value is -3.31. The molecule has 1 aliphatic rings. The van der Waals surface area contributed by atoms with Crippen molar-refractivity contribution in [2.75, 3.05) is 37.4 Å². The lowest BCUT2D eigenvalue weighted by Crippen LogP contribution is -2.41. The first kappa shape index (κ1) is 21.9. The van der Waals surface area contributed by atoms with Crippen LogP contribution in [0.15, 0.2) is 72.8 Å². The number of urea groups is 1. The number of hydrogen-bond donors (Lipinski definition) is 2. The fraction of sp³-hybridized carbons (Fsp3) is 0.296. The van der Waals surface area contributed by atoms with Gasteiger partial charge in [-0.15, -0.1) is 0 Å². The summed E-state index contributed by atoms with van der Waals surface area (Å²) >= 11 is 0. The van der Waals surface area contributed by atoms with E-state index in [9.17, 15) is 4.79 Å². The van der Waals surface area contributed by atoms with Crippen LogP contribution >= 0.6 is 0 Å². The number of benzene rings is 3. The standard InChI is InChI=1S/C27H32N4O/c1-20-8-12-24(13-9-20)29-27(32)28-18-26(22-10-14-25(15-11-22)30(2)3)31-17-16-21-6-4-5-7-23(21)19-31/h4-15,26H,16-19H2,1-3H3,(H2,28,29,32)/t26-/m1/s1. The summed E-state index contributed by atoms with van der Waals surface area (Å²) in [7, 11) is 4.09. The highest BCUT2D eigenvalue weighted by molar-refractivity contribution is 5.89. The van der Waals surface area contributed by atoms with Crippen molar-refractivity contribution >= 4 is 17.4 Å². The molecule has 0 saturated heterocycles. The van der Waals surface area contributed by atoms with Gasteiger partial charge in [-0.1, -0.05) is 54.1 Å². The van der Waals surface area contributed by atoms with Crippen LogP contribution in [0, 0.1) is 6.92 Å². The van der Waals surface area contributed by atoms with Gasteiger partial charge in [0.05, 0.1) is 6.04 Å². The second kappa shape index (κ2) is 9.88. The van der Waals surface area contributed by atoms with Gasteiger partial charge in [0.25, 0.3) is 0 Å². The van der Waals surface area contributed by atoms with Gasteiger partial charge in [0.15, 0.2) is 0 Å². The third-order valence-corrected chi connectivity index (χ3v) is 6.16. The highest BCUT2D eigenvalue weighted by Gasteiger charge is 2.25. The van der Waals surface area contributed by atoms with Gasteiger partial charge in [0, 0.05) is 45.1 Å². The van der Waals surface area contributed by atoms with E-state index in [1.807, 2.05) is 45.3 Å². The molecule has 5 heteroatoms. The molecule has 0 radical (unpaired) electrons. The Labute approximate surface area is 191 Å². The van der Waals surface area contributed by atoms with Gasteiger partial charge in [-0.25, -0.2) is 4.79 Å². The van der Waals surface area contributed by atoms with Gasteiger partial charge in [-0.3, -0.25) is 4.90 Å². The van der Waals surface area contributed by atoms with Gasteiger partial charge < -0.3 is 15.5 Å². The van der Waals surface area contributed by atoms with Crippen molar-refractivity contribution in [3.63, 3.8) is 0 Å². The average molecular weight is 429 g/mol. The zero-order chi connectivity index (χ0) is 22.5. The number of carbonyl (C=O) groups excluding carboxylic acids is 1. The van der Waals surface area contributed by atoms with Crippen LogP contribution in [0.3, 0.4) is 0 Å². The zero-order valence-electron chi connectivity index (χ0n) is 19.1. The quantitative estimate of drug-likeness (QED) is 0.582. The maximum absolute atomic E-state index is 12.6. The lowest BCUT2D eigenvalue weighted by atomic mass is 9.96. The fourth-order valence-electron chi connectivity index (χ4n) is 4.24. The molecule has 5 nitrogen and oxygen atoms in total. The summed E-state index contributed by atoms with van der Waals surface area (Å²) in [5, 5.41) is 6.04. The molecular formula is C27H32N4O. The van der Waals surface area contributed by atoms with E-state index < -0.39 is 0 Å². The predicted octanol–water partition coefficient (Wildman–Crippen LogP) is 4.98. The van der Waals surface area contributed by atoms with Crippen LogP contribution in [0.2, 0.25) is 0 Å². The molecule has 0 fully saturated rings. The van der Waals surface area contributed by atoms with E-state index in [0.717, 1.165) is 25.2 Å². The van der Waals surface area contributed by atoms with Crippen LogP contribution in [0.25, 0.3) is 0 Å². The van der Waals surface area contributed by atoms with E-state index in [0.29, 0.717) is 6.54 Å². The molecule has 1 atom stereocenters. The first-order chi connectivity index (χ1) is 15.5. The second-order valence-electron chi connectivity index (χ2n) is 8.69. The maximum Gasteiger partial charge on any atom is 0.319 e. The Morgan fingerprint density at radius 3 is 2.34 bits per heavy atom. The van der Waals surface area contributed by atoms with Gasteiger partial charge in [-0.2, -0.15) is 0 Å². The van der Waals surface area contributed by atoms with Gasteiger partial charge in [0.2, 0.25) is 0 Å². The van der Waals surface area contributed by atoms with Gasteiger partial charge in [0.1, 0.15) is 0 Å². The first-order valence-corrected chi connectivity index (χ1v) is 11.2. The zero-order valence-corrected chi connectivity index (χ0v) is 19.1. The largest absolute Gasteiger partial charge is 0.378 e. The molecular weight excluding hydrogens is 396 g/mol. The molecule has 3 aromatic carbocycles. The number of anilines is 2. The maximum atomic E-state index is 12.6. The lowest BCUT2D eigenvalue weighted by molar-refractivity contribution is 0.175. The normalized spacial score (nSPS) is 14.3. The molecule has 1 heterocycles. The van der Waals surface area contributed by atoms with Crippen LogP contribution in [-0.2, 0) is 13.0 Å². The minimum atomic E-state index is -0.179. The molecule has 4 rings (SSSR count). The van der Waals surface area contributed by atoms with E-state index in [1.54, 1.807) is 0 Å². The third kappa shape index (κ3) is 5.29. The number of amides is 2. The molecule has 0 unspecified atom stereocenters. The van der Waals surface area contributed by atoms with E-state index in [4.69, 9.17) is 0 Å². The highest BCUT2D eigenvalue weighted by atomic mass is 16.2. The molecule has 3 aromatic rings. The molecule has 32 heavy (non-hydrogen) atoms. The number of hydrogen-bond acceptors (Lipinski definition) is 3. The Morgan fingerprint density at radius 1 is 0.969 bits per heavy atom. The van der Waals surface area contributed by atoms with Crippen LogP contribution in [0.4, 0.5) is 16.2 Å². The number of nitrogens with zero attached hydrogens (tertiary/aromatic N) is 2. The Morgan fingerprint density at radius 2 is 1.66 bits per heavy atom. The summed E-state index contributed by atoms with van der Waals surface area (Å²) in [5.41, 5.74) is 7.15. The topological polar surface area (TPSA) is 47.6 Å². The predicted molar refractivity (Wildman–Crippen MR) is 132 cm³/mol. The van der Waals surface area contributed by atoms with Crippen LogP contribution in [-0.4, -0.2) is 38.1 Å². The van der Waals surface area contributed by atoms with Crippen LogP contribution < -0.4 is 15.5 Å². The van der Waals surface area contributed by atoms with Crippen molar-refractivity contribution in [2.45, 2.75) is 25.9 Å². The van der Waals surface area contributed by atoms with Crippen molar-refractivity contribution in [1.29, 1.82) is 0 Å². The Bertz CT molecular complexity index is 1040. The average Bonchev–Trinajstić information content (AvgIpc) is 2.81. The molecule has 0 saturated carbocycles. The first-order valence-electron chi connectivity index (χ1n) is 11.2. The summed E-state index contributed by atoms with van der Waals surface area (Å²) < 4.78 is 0. The van der Waals surface area contributed by atoms with Crippen molar-refractivity contribution < 1.29 is 4.79 Å².